The minimum Gasteiger partial charge on any atom is -0.309 e. The number of rotatable bonds is 6. The number of aromatic nitrogens is 4. The molecule has 4 aromatic heterocycles. The molecular formula is C52H34N4. The lowest BCUT2D eigenvalue weighted by molar-refractivity contribution is 1.17. The molecule has 262 valence electrons. The zero-order chi connectivity index (χ0) is 37.0. The van der Waals surface area contributed by atoms with E-state index in [1.807, 2.05) is 24.4 Å². The van der Waals surface area contributed by atoms with E-state index >= 15 is 0 Å². The Labute approximate surface area is 324 Å². The first-order valence-electron chi connectivity index (χ1n) is 19.0. The SMILES string of the molecule is c1ccc(-c2cc(-c3ccc(-n4c5cc(-c6ccc7c8ccccc8n(-c8ccccc8)c7c6)ccc5c5ncccc54)cc3)cc(-c3ccccc3)n2)cc1. The Morgan fingerprint density at radius 1 is 0.304 bits per heavy atom. The highest BCUT2D eigenvalue weighted by atomic mass is 15.0. The molecule has 0 saturated heterocycles. The maximum absolute atomic E-state index is 5.09. The molecule has 0 bridgehead atoms. The molecule has 0 spiro atoms. The maximum Gasteiger partial charge on any atom is 0.0963 e. The van der Waals surface area contributed by atoms with Crippen molar-refractivity contribution in [1.82, 2.24) is 19.1 Å². The van der Waals surface area contributed by atoms with Crippen molar-refractivity contribution in [3.8, 4) is 56.1 Å². The second kappa shape index (κ2) is 13.1. The molecule has 11 aromatic rings. The largest absolute Gasteiger partial charge is 0.309 e. The maximum atomic E-state index is 5.09. The topological polar surface area (TPSA) is 35.6 Å². The highest BCUT2D eigenvalue weighted by molar-refractivity contribution is 6.11. The van der Waals surface area contributed by atoms with Gasteiger partial charge in [0.15, 0.2) is 0 Å². The molecular weight excluding hydrogens is 681 g/mol. The van der Waals surface area contributed by atoms with Crippen LogP contribution in [0.3, 0.4) is 0 Å². The van der Waals surface area contributed by atoms with Gasteiger partial charge in [0, 0.05) is 44.9 Å². The molecule has 4 nitrogen and oxygen atoms in total. The van der Waals surface area contributed by atoms with Crippen LogP contribution in [0.4, 0.5) is 0 Å². The summed E-state index contributed by atoms with van der Waals surface area (Å²) in [6.07, 6.45) is 1.89. The van der Waals surface area contributed by atoms with Gasteiger partial charge in [0.1, 0.15) is 0 Å². The zero-order valence-electron chi connectivity index (χ0n) is 30.4. The number of para-hydroxylation sites is 2. The first-order chi connectivity index (χ1) is 27.8. The molecule has 0 radical (unpaired) electrons. The van der Waals surface area contributed by atoms with Gasteiger partial charge >= 0.3 is 0 Å². The Balaban J connectivity index is 1.04. The summed E-state index contributed by atoms with van der Waals surface area (Å²) < 4.78 is 4.73. The molecule has 0 atom stereocenters. The standard InChI is InChI=1S/C52H34N4/c1-4-13-36(14-5-1)46-31-40(32-47(54-46)37-15-6-2-7-16-37)35-22-26-42(27-23-35)56-49-21-12-30-53-52(49)45-29-25-39(34-51(45)56)38-24-28-44-43-19-10-11-20-48(43)55(50(44)33-38)41-17-8-3-9-18-41/h1-34H. The number of pyridine rings is 2. The van der Waals surface area contributed by atoms with Crippen LogP contribution < -0.4 is 0 Å². The quantitative estimate of drug-likeness (QED) is 0.172. The summed E-state index contributed by atoms with van der Waals surface area (Å²) in [4.78, 5) is 9.97. The summed E-state index contributed by atoms with van der Waals surface area (Å²) in [5.74, 6) is 0. The highest BCUT2D eigenvalue weighted by Crippen LogP contribution is 2.38. The molecule has 0 aliphatic carbocycles. The van der Waals surface area contributed by atoms with Gasteiger partial charge in [-0.15, -0.1) is 0 Å². The van der Waals surface area contributed by atoms with Crippen LogP contribution in [0, 0.1) is 0 Å². The average molecular weight is 715 g/mol. The molecule has 11 rings (SSSR count). The Hall–Kier alpha value is -7.56. The minimum atomic E-state index is 0.953. The fourth-order valence-electron chi connectivity index (χ4n) is 8.31. The fraction of sp³-hybridized carbons (Fsp3) is 0. The van der Waals surface area contributed by atoms with E-state index in [-0.39, 0.29) is 0 Å². The van der Waals surface area contributed by atoms with Gasteiger partial charge in [-0.3, -0.25) is 4.98 Å². The second-order valence-electron chi connectivity index (χ2n) is 14.3. The normalized spacial score (nSPS) is 11.6. The number of fused-ring (bicyclic) bond motifs is 6. The Bertz CT molecular complexity index is 3160. The smallest absolute Gasteiger partial charge is 0.0963 e. The van der Waals surface area contributed by atoms with Gasteiger partial charge in [-0.25, -0.2) is 4.98 Å². The van der Waals surface area contributed by atoms with Crippen LogP contribution in [0.15, 0.2) is 206 Å². The third-order valence-electron chi connectivity index (χ3n) is 11.0. The predicted molar refractivity (Wildman–Crippen MR) is 232 cm³/mol. The van der Waals surface area contributed by atoms with E-state index in [1.54, 1.807) is 0 Å². The molecule has 0 N–H and O–H groups in total. The first-order valence-corrected chi connectivity index (χ1v) is 19.0. The van der Waals surface area contributed by atoms with E-state index in [1.165, 1.54) is 27.4 Å². The summed E-state index contributed by atoms with van der Waals surface area (Å²) in [6, 6.07) is 71.3. The van der Waals surface area contributed by atoms with E-state index in [9.17, 15) is 0 Å². The van der Waals surface area contributed by atoms with Crippen molar-refractivity contribution < 1.29 is 0 Å². The molecule has 0 saturated carbocycles. The lowest BCUT2D eigenvalue weighted by atomic mass is 9.99. The van der Waals surface area contributed by atoms with Crippen LogP contribution in [0.2, 0.25) is 0 Å². The van der Waals surface area contributed by atoms with Crippen molar-refractivity contribution in [3.63, 3.8) is 0 Å². The van der Waals surface area contributed by atoms with E-state index in [0.717, 1.165) is 72.5 Å². The number of nitrogens with zero attached hydrogens (tertiary/aromatic N) is 4. The molecule has 0 aliphatic rings. The number of hydrogen-bond acceptors (Lipinski definition) is 2. The van der Waals surface area contributed by atoms with Crippen LogP contribution in [-0.2, 0) is 0 Å². The van der Waals surface area contributed by atoms with Crippen molar-refractivity contribution in [2.45, 2.75) is 0 Å². The Morgan fingerprint density at radius 2 is 0.804 bits per heavy atom. The van der Waals surface area contributed by atoms with Gasteiger partial charge in [0.05, 0.1) is 39.0 Å². The third kappa shape index (κ3) is 5.31. The van der Waals surface area contributed by atoms with E-state index in [2.05, 4.69) is 191 Å². The summed E-state index contributed by atoms with van der Waals surface area (Å²) >= 11 is 0. The summed E-state index contributed by atoms with van der Waals surface area (Å²) in [5.41, 5.74) is 16.5. The minimum absolute atomic E-state index is 0.953. The van der Waals surface area contributed by atoms with Crippen molar-refractivity contribution in [2.75, 3.05) is 0 Å². The zero-order valence-corrected chi connectivity index (χ0v) is 30.4. The number of benzene rings is 7. The van der Waals surface area contributed by atoms with Gasteiger partial charge in [-0.2, -0.15) is 0 Å². The van der Waals surface area contributed by atoms with Gasteiger partial charge < -0.3 is 9.13 Å². The lowest BCUT2D eigenvalue weighted by Gasteiger charge is -2.12. The van der Waals surface area contributed by atoms with Crippen LogP contribution in [0.5, 0.6) is 0 Å². The van der Waals surface area contributed by atoms with Gasteiger partial charge in [-0.05, 0) is 95.1 Å². The van der Waals surface area contributed by atoms with E-state index in [0.29, 0.717) is 0 Å². The van der Waals surface area contributed by atoms with Gasteiger partial charge in [0.25, 0.3) is 0 Å². The average Bonchev–Trinajstić information content (AvgIpc) is 3.79. The Morgan fingerprint density at radius 3 is 1.48 bits per heavy atom. The molecule has 0 amide bonds. The van der Waals surface area contributed by atoms with Crippen molar-refractivity contribution in [1.29, 1.82) is 0 Å². The molecule has 0 aliphatic heterocycles. The van der Waals surface area contributed by atoms with Crippen molar-refractivity contribution in [3.05, 3.63) is 206 Å². The van der Waals surface area contributed by atoms with E-state index in [4.69, 9.17) is 9.97 Å². The third-order valence-corrected chi connectivity index (χ3v) is 11.0. The molecule has 56 heavy (non-hydrogen) atoms. The molecule has 4 heterocycles. The monoisotopic (exact) mass is 714 g/mol. The van der Waals surface area contributed by atoms with Crippen LogP contribution in [-0.4, -0.2) is 19.1 Å². The molecule has 7 aromatic carbocycles. The summed E-state index contributed by atoms with van der Waals surface area (Å²) in [6.45, 7) is 0. The number of hydrogen-bond donors (Lipinski definition) is 0. The lowest BCUT2D eigenvalue weighted by Crippen LogP contribution is -1.95. The van der Waals surface area contributed by atoms with Gasteiger partial charge in [-0.1, -0.05) is 127 Å². The van der Waals surface area contributed by atoms with E-state index < -0.39 is 0 Å². The van der Waals surface area contributed by atoms with Crippen LogP contribution >= 0.6 is 0 Å². The fourth-order valence-corrected chi connectivity index (χ4v) is 8.31. The van der Waals surface area contributed by atoms with Gasteiger partial charge in [0.2, 0.25) is 0 Å². The molecule has 0 unspecified atom stereocenters. The van der Waals surface area contributed by atoms with Crippen molar-refractivity contribution in [2.24, 2.45) is 0 Å². The highest BCUT2D eigenvalue weighted by Gasteiger charge is 2.17. The summed E-state index contributed by atoms with van der Waals surface area (Å²) in [5, 5.41) is 3.62. The first kappa shape index (κ1) is 31.9. The summed E-state index contributed by atoms with van der Waals surface area (Å²) in [7, 11) is 0. The molecule has 0 fully saturated rings. The van der Waals surface area contributed by atoms with Crippen molar-refractivity contribution >= 4 is 43.7 Å². The Kier molecular flexibility index (Phi) is 7.46. The van der Waals surface area contributed by atoms with Crippen LogP contribution in [0.1, 0.15) is 0 Å². The second-order valence-corrected chi connectivity index (χ2v) is 14.3. The molecule has 4 heteroatoms. The predicted octanol–water partition coefficient (Wildman–Crippen LogP) is 13.3. The van der Waals surface area contributed by atoms with Crippen LogP contribution in [0.25, 0.3) is 99.9 Å².